The van der Waals surface area contributed by atoms with E-state index in [0.29, 0.717) is 53.3 Å². The molecule has 2 aliphatic carbocycles. The monoisotopic (exact) mass is 842 g/mol. The van der Waals surface area contributed by atoms with Crippen molar-refractivity contribution >= 4 is 68.8 Å². The van der Waals surface area contributed by atoms with Gasteiger partial charge in [0.2, 0.25) is 11.8 Å². The molecule has 0 saturated heterocycles. The maximum Gasteiger partial charge on any atom is 0.294 e. The van der Waals surface area contributed by atoms with Crippen LogP contribution >= 0.6 is 45.3 Å². The van der Waals surface area contributed by atoms with E-state index >= 15 is 0 Å². The molecule has 5 aromatic rings. The number of thiazole rings is 4. The summed E-state index contributed by atoms with van der Waals surface area (Å²) < 4.78 is 18.4. The zero-order chi connectivity index (χ0) is 40.3. The average Bonchev–Trinajstić information content (AvgIpc) is 3.99. The number of hydrogen-bond donors (Lipinski definition) is 0. The number of nitrogens with zero attached hydrogens (tertiary/aromatic N) is 8. The van der Waals surface area contributed by atoms with Gasteiger partial charge in [-0.05, 0) is 89.5 Å². The van der Waals surface area contributed by atoms with Crippen molar-refractivity contribution in [3.8, 4) is 50.8 Å². The quantitative estimate of drug-likeness (QED) is 0.200. The zero-order valence-corrected chi connectivity index (χ0v) is 34.9. The largest absolute Gasteiger partial charge is 0.465 e. The molecule has 2 fully saturated rings. The Labute approximate surface area is 348 Å². The average molecular weight is 843 g/mol. The molecule has 0 N–H and O–H groups in total. The normalized spacial score (nSPS) is 18.0. The van der Waals surface area contributed by atoms with Crippen molar-refractivity contribution in [3.63, 3.8) is 0 Å². The Morgan fingerprint density at radius 2 is 1.19 bits per heavy atom. The number of benzene rings is 1. The second-order valence-corrected chi connectivity index (χ2v) is 18.9. The standard InChI is InChI=1S/C42H34N8O4S4/c1-4-49-37(51)29(55-39(49)23(20-43)21-44)18-31-47-35-33(57-31)24-16-27-25(17-26(24)41(53-35)12-8-6-9-13-41)34-36(54-42(27)14-10-7-11-15-42)48-32(58-34)19-30-38(52)50(5-2)40(56-30)28(22-45)46-3/h16-19H,4-15H2,1-2H3/b29-18+,30-19+,40-28+. The predicted molar refractivity (Wildman–Crippen MR) is 224 cm³/mol. The highest BCUT2D eigenvalue weighted by atomic mass is 32.1. The molecule has 0 amide bonds. The molecule has 4 aromatic heterocycles. The second-order valence-electron chi connectivity index (χ2n) is 14.7. The minimum atomic E-state index is -0.594. The van der Waals surface area contributed by atoms with E-state index in [0.717, 1.165) is 119 Å². The molecule has 0 atom stereocenters. The van der Waals surface area contributed by atoms with Gasteiger partial charge in [-0.1, -0.05) is 12.8 Å². The van der Waals surface area contributed by atoms with Crippen LogP contribution in [-0.2, 0) is 24.3 Å². The van der Waals surface area contributed by atoms with Crippen molar-refractivity contribution < 1.29 is 9.47 Å². The maximum absolute atomic E-state index is 13.5. The lowest BCUT2D eigenvalue weighted by atomic mass is 9.71. The summed E-state index contributed by atoms with van der Waals surface area (Å²) in [4.78, 5) is 42.1. The highest BCUT2D eigenvalue weighted by Gasteiger charge is 2.48. The van der Waals surface area contributed by atoms with Gasteiger partial charge in [-0.15, -0.1) is 45.3 Å². The number of rotatable bonds is 4. The smallest absolute Gasteiger partial charge is 0.294 e. The van der Waals surface area contributed by atoms with Gasteiger partial charge in [0.1, 0.15) is 42.7 Å². The minimum Gasteiger partial charge on any atom is -0.465 e. The zero-order valence-electron chi connectivity index (χ0n) is 31.6. The molecule has 290 valence electrons. The summed E-state index contributed by atoms with van der Waals surface area (Å²) in [6, 6.07) is 10.4. The first-order chi connectivity index (χ1) is 28.2. The van der Waals surface area contributed by atoms with Crippen LogP contribution < -0.4 is 39.0 Å². The number of ether oxygens (including phenoxy) is 2. The van der Waals surface area contributed by atoms with Gasteiger partial charge in [0.05, 0.1) is 31.5 Å². The summed E-state index contributed by atoms with van der Waals surface area (Å²) in [7, 11) is 0. The molecular weight excluding hydrogens is 809 g/mol. The molecule has 58 heavy (non-hydrogen) atoms. The number of fused-ring (bicyclic) bond motifs is 8. The summed E-state index contributed by atoms with van der Waals surface area (Å²) in [6.45, 7) is 11.8. The molecule has 0 unspecified atom stereocenters. The molecule has 2 saturated carbocycles. The van der Waals surface area contributed by atoms with E-state index in [1.165, 1.54) is 31.8 Å². The van der Waals surface area contributed by atoms with Gasteiger partial charge >= 0.3 is 0 Å². The Balaban J connectivity index is 1.24. The molecule has 16 heteroatoms. The van der Waals surface area contributed by atoms with Gasteiger partial charge in [-0.2, -0.15) is 10.5 Å². The third-order valence-corrected chi connectivity index (χ3v) is 15.9. The predicted octanol–water partition coefficient (Wildman–Crippen LogP) is 5.93. The highest BCUT2D eigenvalue weighted by Crippen LogP contribution is 2.59. The molecular formula is C42H34N8O4S4. The van der Waals surface area contributed by atoms with Crippen LogP contribution in [0.25, 0.3) is 49.1 Å². The number of aromatic nitrogens is 4. The van der Waals surface area contributed by atoms with E-state index in [4.69, 9.17) is 26.0 Å². The molecule has 12 nitrogen and oxygen atoms in total. The fourth-order valence-electron chi connectivity index (χ4n) is 8.88. The molecule has 2 spiro atoms. The lowest BCUT2D eigenvalue weighted by molar-refractivity contribution is 0.0162. The van der Waals surface area contributed by atoms with Crippen molar-refractivity contribution in [2.45, 2.75) is 102 Å². The van der Waals surface area contributed by atoms with Crippen LogP contribution in [0.5, 0.6) is 11.8 Å². The third kappa shape index (κ3) is 5.89. The van der Waals surface area contributed by atoms with Crippen LogP contribution in [-0.4, -0.2) is 19.1 Å². The SMILES string of the molecule is [C-]#[N+]/C(C#N)=c1/s/c(=C/c2nc3c(s2)-c2cc4c(cc2C2(CCCCC2)O3)-c2sc(/C=c3/sc(=C(C#N)C#N)n(CC)c3=O)nc2OC42CCCCC2)c(=O)n1CC. The molecule has 2 aliphatic heterocycles. The minimum absolute atomic E-state index is 0.0961. The van der Waals surface area contributed by atoms with E-state index in [9.17, 15) is 25.4 Å². The van der Waals surface area contributed by atoms with Gasteiger partial charge < -0.3 is 14.0 Å². The van der Waals surface area contributed by atoms with Crippen LogP contribution in [0.3, 0.4) is 0 Å². The van der Waals surface area contributed by atoms with E-state index in [2.05, 4.69) is 17.0 Å². The molecule has 0 bridgehead atoms. The van der Waals surface area contributed by atoms with Crippen molar-refractivity contribution in [3.05, 3.63) is 83.8 Å². The Morgan fingerprint density at radius 1 is 0.741 bits per heavy atom. The fraction of sp³-hybridized carbons (Fsp3) is 0.381. The lowest BCUT2D eigenvalue weighted by Gasteiger charge is -2.45. The highest BCUT2D eigenvalue weighted by molar-refractivity contribution is 7.17. The molecule has 0 radical (unpaired) electrons. The molecule has 9 rings (SSSR count). The number of nitriles is 3. The third-order valence-electron chi connectivity index (χ3n) is 11.6. The van der Waals surface area contributed by atoms with Crippen molar-refractivity contribution in [1.82, 2.24) is 19.1 Å². The van der Waals surface area contributed by atoms with Crippen LogP contribution in [0.1, 0.15) is 99.2 Å². The van der Waals surface area contributed by atoms with Gasteiger partial charge in [0.15, 0.2) is 5.57 Å². The Bertz CT molecular complexity index is 2880. The first-order valence-electron chi connectivity index (χ1n) is 19.3. The molecule has 4 aliphatic rings. The lowest BCUT2D eigenvalue weighted by Crippen LogP contribution is -2.40. The number of hydrogen-bond acceptors (Lipinski definition) is 13. The maximum atomic E-state index is 13.5. The summed E-state index contributed by atoms with van der Waals surface area (Å²) in [5.41, 5.74) is 2.41. The molecule has 6 heterocycles. The molecule has 1 aromatic carbocycles. The van der Waals surface area contributed by atoms with Crippen molar-refractivity contribution in [2.75, 3.05) is 0 Å². The van der Waals surface area contributed by atoms with Crippen molar-refractivity contribution in [2.24, 2.45) is 0 Å². The van der Waals surface area contributed by atoms with Crippen LogP contribution in [0.15, 0.2) is 21.7 Å². The van der Waals surface area contributed by atoms with Crippen molar-refractivity contribution in [1.29, 1.82) is 15.8 Å². The van der Waals surface area contributed by atoms with Gasteiger partial charge in [0.25, 0.3) is 16.8 Å². The Kier molecular flexibility index (Phi) is 9.57. The summed E-state index contributed by atoms with van der Waals surface area (Å²) >= 11 is 5.18. The van der Waals surface area contributed by atoms with Gasteiger partial charge in [-0.3, -0.25) is 14.2 Å². The van der Waals surface area contributed by atoms with E-state index in [1.54, 1.807) is 12.2 Å². The first-order valence-corrected chi connectivity index (χ1v) is 22.6. The van der Waals surface area contributed by atoms with Gasteiger partial charge in [0, 0.05) is 35.3 Å². The second kappa shape index (κ2) is 14.6. The van der Waals surface area contributed by atoms with E-state index in [1.807, 2.05) is 32.1 Å². The summed E-state index contributed by atoms with van der Waals surface area (Å²) in [5.74, 6) is 1.10. The van der Waals surface area contributed by atoms with E-state index < -0.39 is 11.2 Å². The van der Waals surface area contributed by atoms with Crippen LogP contribution in [0.4, 0.5) is 0 Å². The first kappa shape index (κ1) is 37.9. The van der Waals surface area contributed by atoms with Crippen LogP contribution in [0.2, 0.25) is 0 Å². The Morgan fingerprint density at radius 3 is 1.60 bits per heavy atom. The van der Waals surface area contributed by atoms with E-state index in [-0.39, 0.29) is 22.4 Å². The Hall–Kier alpha value is -5.62. The van der Waals surface area contributed by atoms with Gasteiger partial charge in [-0.25, -0.2) is 20.1 Å². The van der Waals surface area contributed by atoms with Crippen LogP contribution in [0, 0.1) is 40.6 Å². The fourth-order valence-corrected chi connectivity index (χ4v) is 13.1. The summed E-state index contributed by atoms with van der Waals surface area (Å²) in [6.07, 6.45) is 13.1. The topological polar surface area (TPSA) is 164 Å². The summed E-state index contributed by atoms with van der Waals surface area (Å²) in [5, 5.41) is 29.9.